The highest BCUT2D eigenvalue weighted by molar-refractivity contribution is 5.77. The maximum atomic E-state index is 11.2. The molecule has 25 heavy (non-hydrogen) atoms. The summed E-state index contributed by atoms with van der Waals surface area (Å²) in [6.45, 7) is 20.2. The molecule has 0 amide bonds. The lowest BCUT2D eigenvalue weighted by Gasteiger charge is -2.38. The van der Waals surface area contributed by atoms with Gasteiger partial charge in [-0.3, -0.25) is 9.69 Å². The highest BCUT2D eigenvalue weighted by Gasteiger charge is 2.23. The molecule has 2 aliphatic heterocycles. The molecule has 2 rings (SSSR count). The lowest BCUT2D eigenvalue weighted by Crippen LogP contribution is -2.49. The highest BCUT2D eigenvalue weighted by Crippen LogP contribution is 2.19. The van der Waals surface area contributed by atoms with Gasteiger partial charge >= 0.3 is 0 Å². The quantitative estimate of drug-likeness (QED) is 0.641. The van der Waals surface area contributed by atoms with Crippen molar-refractivity contribution in [3.8, 4) is 0 Å². The molecule has 2 saturated heterocycles. The molecule has 0 aromatic carbocycles. The molecule has 2 heterocycles. The molecule has 5 heteroatoms. The second-order valence-electron chi connectivity index (χ2n) is 7.27. The Bertz CT molecular complexity index is 341. The predicted molar refractivity (Wildman–Crippen MR) is 109 cm³/mol. The molecule has 1 N–H and O–H groups in total. The van der Waals surface area contributed by atoms with Crippen molar-refractivity contribution in [3.05, 3.63) is 0 Å². The first kappa shape index (κ1) is 22.6. The number of piperidine rings is 1. The number of rotatable bonds is 9. The van der Waals surface area contributed by atoms with Crippen LogP contribution in [0.2, 0.25) is 0 Å². The van der Waals surface area contributed by atoms with E-state index in [9.17, 15) is 4.79 Å². The van der Waals surface area contributed by atoms with Crippen LogP contribution >= 0.6 is 0 Å². The molecule has 5 nitrogen and oxygen atoms in total. The zero-order valence-electron chi connectivity index (χ0n) is 17.2. The van der Waals surface area contributed by atoms with Crippen molar-refractivity contribution in [1.82, 2.24) is 20.0 Å². The van der Waals surface area contributed by atoms with Gasteiger partial charge in [0.25, 0.3) is 0 Å². The Morgan fingerprint density at radius 3 is 2.16 bits per heavy atom. The van der Waals surface area contributed by atoms with E-state index in [1.807, 2.05) is 13.8 Å². The monoisotopic (exact) mass is 356 g/mol. The van der Waals surface area contributed by atoms with Crippen molar-refractivity contribution in [2.75, 3.05) is 72.0 Å². The van der Waals surface area contributed by atoms with Crippen LogP contribution in [0.4, 0.5) is 0 Å². The number of hydrogen-bond acceptors (Lipinski definition) is 5. The van der Waals surface area contributed by atoms with Gasteiger partial charge in [-0.25, -0.2) is 0 Å². The molecule has 0 aromatic rings. The van der Waals surface area contributed by atoms with E-state index in [0.29, 0.717) is 12.3 Å². The minimum Gasteiger partial charge on any atom is -0.317 e. The topological polar surface area (TPSA) is 38.8 Å². The Kier molecular flexibility index (Phi) is 12.3. The number of Topliss-reactive ketones (excluding diaryl/α,β-unsaturated/α-hetero) is 1. The summed E-state index contributed by atoms with van der Waals surface area (Å²) in [6.07, 6.45) is 3.99. The third kappa shape index (κ3) is 9.69. The molecule has 2 aliphatic rings. The molecule has 0 aromatic heterocycles. The second kappa shape index (κ2) is 13.7. The van der Waals surface area contributed by atoms with Crippen LogP contribution in [0.5, 0.6) is 0 Å². The maximum absolute atomic E-state index is 11.2. The van der Waals surface area contributed by atoms with Crippen molar-refractivity contribution in [2.24, 2.45) is 5.92 Å². The van der Waals surface area contributed by atoms with E-state index in [-0.39, 0.29) is 1.43 Å². The maximum Gasteiger partial charge on any atom is 0.143 e. The Labute approximate surface area is 157 Å². The third-order valence-electron chi connectivity index (χ3n) is 5.21. The molecule has 150 valence electrons. The number of hydrogen-bond donors (Lipinski definition) is 1. The molecule has 0 unspecified atom stereocenters. The number of nitrogens with zero attached hydrogens (tertiary/aromatic N) is 3. The fourth-order valence-electron chi connectivity index (χ4n) is 3.81. The summed E-state index contributed by atoms with van der Waals surface area (Å²) in [6, 6.07) is 0. The van der Waals surface area contributed by atoms with Crippen LogP contribution in [0.1, 0.15) is 48.4 Å². The van der Waals surface area contributed by atoms with Crippen LogP contribution in [0.25, 0.3) is 0 Å². The van der Waals surface area contributed by atoms with Gasteiger partial charge in [-0.1, -0.05) is 20.8 Å². The summed E-state index contributed by atoms with van der Waals surface area (Å²) in [5, 5.41) is 3.41. The number of ketones is 1. The van der Waals surface area contributed by atoms with Gasteiger partial charge in [0.1, 0.15) is 5.78 Å². The van der Waals surface area contributed by atoms with Crippen LogP contribution < -0.4 is 5.32 Å². The smallest absolute Gasteiger partial charge is 0.143 e. The van der Waals surface area contributed by atoms with Crippen molar-refractivity contribution in [2.45, 2.75) is 47.0 Å². The van der Waals surface area contributed by atoms with E-state index >= 15 is 0 Å². The van der Waals surface area contributed by atoms with Gasteiger partial charge < -0.3 is 15.1 Å². The zero-order valence-corrected chi connectivity index (χ0v) is 17.2. The van der Waals surface area contributed by atoms with Gasteiger partial charge in [-0.2, -0.15) is 0 Å². The molecule has 2 fully saturated rings. The number of likely N-dealkylation sites (tertiary alicyclic amines) is 1. The number of nitrogens with one attached hydrogen (secondary N) is 1. The average molecular weight is 357 g/mol. The minimum absolute atomic E-state index is 0. The van der Waals surface area contributed by atoms with Gasteiger partial charge in [-0.15, -0.1) is 0 Å². The van der Waals surface area contributed by atoms with Gasteiger partial charge in [0.2, 0.25) is 0 Å². The number of carbonyl (C=O) groups is 1. The normalized spacial score (nSPS) is 21.0. The van der Waals surface area contributed by atoms with E-state index < -0.39 is 0 Å². The van der Waals surface area contributed by atoms with Crippen LogP contribution in [0, 0.1) is 5.92 Å². The van der Waals surface area contributed by atoms with Crippen LogP contribution in [0.15, 0.2) is 0 Å². The lowest BCUT2D eigenvalue weighted by molar-refractivity contribution is -0.118. The van der Waals surface area contributed by atoms with Crippen LogP contribution in [-0.4, -0.2) is 92.5 Å². The second-order valence-corrected chi connectivity index (χ2v) is 7.27. The van der Waals surface area contributed by atoms with Crippen molar-refractivity contribution in [3.63, 3.8) is 0 Å². The first-order valence-electron chi connectivity index (χ1n) is 10.5. The Hall–Kier alpha value is -0.490. The average Bonchev–Trinajstić information content (AvgIpc) is 2.63. The van der Waals surface area contributed by atoms with Gasteiger partial charge in [0.15, 0.2) is 0 Å². The predicted octanol–water partition coefficient (Wildman–Crippen LogP) is 2.18. The summed E-state index contributed by atoms with van der Waals surface area (Å²) in [7, 11) is 0. The van der Waals surface area contributed by atoms with Crippen LogP contribution in [-0.2, 0) is 4.79 Å². The van der Waals surface area contributed by atoms with Crippen molar-refractivity contribution in [1.29, 1.82) is 0 Å². The highest BCUT2D eigenvalue weighted by atomic mass is 16.1. The van der Waals surface area contributed by atoms with E-state index in [0.717, 1.165) is 45.2 Å². The Balaban J connectivity index is 0.00000201. The standard InChI is InChI=1S/C18H36N4O.C2H6.H2/c1-3-19-7-4-8-20-9-5-18(6-10-20)16-22-13-11-21(12-14-22)15-17(2)23;1-2;/h18-19H,3-16H2,1-2H3;1-2H3;1H. The molecule has 0 bridgehead atoms. The van der Waals surface area contributed by atoms with Crippen LogP contribution in [0.3, 0.4) is 0 Å². The summed E-state index contributed by atoms with van der Waals surface area (Å²) >= 11 is 0. The summed E-state index contributed by atoms with van der Waals surface area (Å²) < 4.78 is 0. The zero-order chi connectivity index (χ0) is 18.5. The summed E-state index contributed by atoms with van der Waals surface area (Å²) in [5.41, 5.74) is 0. The molecule has 0 aliphatic carbocycles. The molecule has 0 saturated carbocycles. The van der Waals surface area contributed by atoms with E-state index in [1.165, 1.54) is 45.4 Å². The first-order valence-corrected chi connectivity index (χ1v) is 10.5. The molecule has 0 spiro atoms. The first-order chi connectivity index (χ1) is 12.2. The SMILES string of the molecule is CC.CCNCCCN1CCC(CN2CCN(CC(C)=O)CC2)CC1.[HH]. The van der Waals surface area contributed by atoms with E-state index in [4.69, 9.17) is 0 Å². The largest absolute Gasteiger partial charge is 0.317 e. The van der Waals surface area contributed by atoms with Gasteiger partial charge in [0.05, 0.1) is 6.54 Å². The molecular weight excluding hydrogens is 312 g/mol. The summed E-state index contributed by atoms with van der Waals surface area (Å²) in [5.74, 6) is 1.17. The Morgan fingerprint density at radius 2 is 1.60 bits per heavy atom. The van der Waals surface area contributed by atoms with Crippen molar-refractivity contribution < 1.29 is 6.22 Å². The molecule has 0 atom stereocenters. The van der Waals surface area contributed by atoms with Gasteiger partial charge in [-0.05, 0) is 64.8 Å². The number of carbonyl (C=O) groups excluding carboxylic acids is 1. The molecular formula is C20H44N4O. The fourth-order valence-corrected chi connectivity index (χ4v) is 3.81. The fraction of sp³-hybridized carbons (Fsp3) is 0.950. The summed E-state index contributed by atoms with van der Waals surface area (Å²) in [4.78, 5) is 18.7. The van der Waals surface area contributed by atoms with Crippen molar-refractivity contribution >= 4 is 5.78 Å². The third-order valence-corrected chi connectivity index (χ3v) is 5.21. The molecule has 0 radical (unpaired) electrons. The number of piperazine rings is 1. The Morgan fingerprint density at radius 1 is 1.00 bits per heavy atom. The van der Waals surface area contributed by atoms with Gasteiger partial charge in [0, 0.05) is 34.2 Å². The van der Waals surface area contributed by atoms with E-state index in [2.05, 4.69) is 26.9 Å². The minimum atomic E-state index is 0. The lowest BCUT2D eigenvalue weighted by atomic mass is 9.95. The van der Waals surface area contributed by atoms with E-state index in [1.54, 1.807) is 6.92 Å².